The molecule has 0 saturated heterocycles. The van der Waals surface area contributed by atoms with Gasteiger partial charge in [-0.15, -0.1) is 10.2 Å². The van der Waals surface area contributed by atoms with Gasteiger partial charge in [0.25, 0.3) is 0 Å². The van der Waals surface area contributed by atoms with E-state index in [2.05, 4.69) is 10.3 Å². The number of aromatic carboxylic acids is 1. The van der Waals surface area contributed by atoms with Gasteiger partial charge in [-0.2, -0.15) is 0 Å². The third kappa shape index (κ3) is 5.22. The number of benzene rings is 3. The van der Waals surface area contributed by atoms with Crippen molar-refractivity contribution in [3.05, 3.63) is 71.6 Å². The third-order valence-corrected chi connectivity index (χ3v) is 4.73. The lowest BCUT2D eigenvalue weighted by Gasteiger charge is -2.17. The Kier molecular flexibility index (Phi) is 6.78. The molecule has 3 N–H and O–H groups in total. The van der Waals surface area contributed by atoms with Crippen LogP contribution in [0.5, 0.6) is 0 Å². The first-order chi connectivity index (χ1) is 15.1. The monoisotopic (exact) mass is 458 g/mol. The molecule has 4 rings (SSSR count). The molecule has 0 bridgehead atoms. The average Bonchev–Trinajstić information content (AvgIpc) is 2.75. The van der Waals surface area contributed by atoms with Gasteiger partial charge in [0.15, 0.2) is 0 Å². The van der Waals surface area contributed by atoms with Crippen molar-refractivity contribution in [2.24, 2.45) is 0 Å². The highest BCUT2D eigenvalue weighted by Crippen LogP contribution is 2.41. The van der Waals surface area contributed by atoms with Crippen molar-refractivity contribution in [1.29, 1.82) is 0 Å². The van der Waals surface area contributed by atoms with Gasteiger partial charge in [0.1, 0.15) is 18.4 Å². The molecule has 10 heteroatoms. The second-order valence-corrected chi connectivity index (χ2v) is 7.38. The predicted molar refractivity (Wildman–Crippen MR) is 105 cm³/mol. The van der Waals surface area contributed by atoms with Crippen LogP contribution in [0.15, 0.2) is 65.1 Å². The standard InChI is InChI=1S/C22H18N2O3.ClHO4/c1-23-13-7-9-17-19(11-13)27-20-12-14(24-2)8-10-18(20)21(17)15-5-3-4-6-16(15)22(25)26;2-1(3,4)5/h3-12,23H,1-2H3,(H,25,26);(H,2,3,4,5). The van der Waals surface area contributed by atoms with Gasteiger partial charge in [-0.25, -0.2) is 28.4 Å². The molecule has 1 heterocycles. The highest BCUT2D eigenvalue weighted by Gasteiger charge is 2.21. The summed E-state index contributed by atoms with van der Waals surface area (Å²) in [5, 5.41) is 14.6. The topological polar surface area (TPSA) is 169 Å². The van der Waals surface area contributed by atoms with Crippen LogP contribution in [-0.4, -0.2) is 25.2 Å². The van der Waals surface area contributed by atoms with Crippen LogP contribution in [0, 0.1) is 10.2 Å². The fourth-order valence-electron chi connectivity index (χ4n) is 3.38. The first kappa shape index (κ1) is 23.2. The molecule has 0 unspecified atom stereocenters. The summed E-state index contributed by atoms with van der Waals surface area (Å²) < 4.78 is 40.1. The molecule has 1 aliphatic heterocycles. The largest absolute Gasteiger partial charge is 0.478 e. The van der Waals surface area contributed by atoms with Gasteiger partial charge in [-0.3, -0.25) is 0 Å². The fourth-order valence-corrected chi connectivity index (χ4v) is 3.38. The highest BCUT2D eigenvalue weighted by molar-refractivity contribution is 6.07. The van der Waals surface area contributed by atoms with Crippen molar-refractivity contribution in [3.63, 3.8) is 0 Å². The van der Waals surface area contributed by atoms with Gasteiger partial charge in [0.05, 0.1) is 11.6 Å². The fraction of sp³-hybridized carbons (Fsp3) is 0.0909. The number of hydrogen-bond donors (Lipinski definition) is 3. The minimum absolute atomic E-state index is 0.265. The lowest BCUT2D eigenvalue weighted by atomic mass is 9.91. The summed E-state index contributed by atoms with van der Waals surface area (Å²) in [5.74, 6) is -0.260. The molecule has 2 aliphatic rings. The van der Waals surface area contributed by atoms with Crippen molar-refractivity contribution < 1.29 is 48.2 Å². The maximum Gasteiger partial charge on any atom is 0.336 e. The normalized spacial score (nSPS) is 11.9. The van der Waals surface area contributed by atoms with Crippen LogP contribution in [-0.2, 0) is 0 Å². The Morgan fingerprint density at radius 2 is 1.69 bits per heavy atom. The van der Waals surface area contributed by atoms with Gasteiger partial charge in [-0.05, 0) is 29.8 Å². The van der Waals surface area contributed by atoms with E-state index >= 15 is 0 Å². The molecule has 32 heavy (non-hydrogen) atoms. The Bertz CT molecular complexity index is 1310. The molecule has 0 radical (unpaired) electrons. The summed E-state index contributed by atoms with van der Waals surface area (Å²) in [6.07, 6.45) is 0. The highest BCUT2D eigenvalue weighted by atomic mass is 35.7. The Balaban J connectivity index is 0.000000523. The van der Waals surface area contributed by atoms with E-state index in [4.69, 9.17) is 23.1 Å². The summed E-state index contributed by atoms with van der Waals surface area (Å²) in [4.78, 5) is 14.9. The van der Waals surface area contributed by atoms with Crippen LogP contribution >= 0.6 is 0 Å². The maximum atomic E-state index is 11.8. The average molecular weight is 459 g/mol. The smallest absolute Gasteiger partial charge is 0.336 e. The molecular weight excluding hydrogens is 440 g/mol. The molecule has 0 aromatic heterocycles. The lowest BCUT2D eigenvalue weighted by molar-refractivity contribution is -2.00. The second kappa shape index (κ2) is 9.35. The van der Waals surface area contributed by atoms with Crippen LogP contribution < -0.4 is 34.3 Å². The molecule has 0 spiro atoms. The zero-order valence-electron chi connectivity index (χ0n) is 17.0. The van der Waals surface area contributed by atoms with Gasteiger partial charge < -0.3 is 14.8 Å². The maximum absolute atomic E-state index is 11.8. The SMILES string of the molecule is CNc1ccc2c(-c3ccccc3C(=O)O)c3ccc(=[NH+]C)cc-3oc2c1.[O-][Cl+3]([O-])([O-])[O-]. The number of carbonyl (C=O) groups is 1. The Morgan fingerprint density at radius 1 is 1.00 bits per heavy atom. The summed E-state index contributed by atoms with van der Waals surface area (Å²) in [7, 11) is -1.25. The molecular formula is C22H19ClN2O7. The Hall–Kier alpha value is -3.47. The predicted octanol–water partition coefficient (Wildman–Crippen LogP) is -2.20. The molecule has 0 saturated carbocycles. The van der Waals surface area contributed by atoms with E-state index in [1.54, 1.807) is 12.1 Å². The van der Waals surface area contributed by atoms with E-state index in [1.807, 2.05) is 62.6 Å². The molecule has 9 nitrogen and oxygen atoms in total. The first-order valence-corrected chi connectivity index (χ1v) is 10.5. The van der Waals surface area contributed by atoms with Crippen LogP contribution in [0.4, 0.5) is 5.69 Å². The van der Waals surface area contributed by atoms with Crippen LogP contribution in [0.3, 0.4) is 0 Å². The quantitative estimate of drug-likeness (QED) is 0.290. The minimum atomic E-state index is -4.94. The Labute approximate surface area is 184 Å². The molecule has 0 atom stereocenters. The summed E-state index contributed by atoms with van der Waals surface area (Å²) >= 11 is 0. The number of halogens is 1. The Morgan fingerprint density at radius 3 is 2.31 bits per heavy atom. The van der Waals surface area contributed by atoms with Gasteiger partial charge >= 0.3 is 5.97 Å². The van der Waals surface area contributed by atoms with Crippen LogP contribution in [0.25, 0.3) is 33.4 Å². The van der Waals surface area contributed by atoms with Crippen molar-refractivity contribution in [2.45, 2.75) is 0 Å². The molecule has 2 aromatic rings. The molecule has 0 amide bonds. The first-order valence-electron chi connectivity index (χ1n) is 9.26. The van der Waals surface area contributed by atoms with Crippen LogP contribution in [0.1, 0.15) is 10.4 Å². The third-order valence-electron chi connectivity index (χ3n) is 4.73. The van der Waals surface area contributed by atoms with E-state index in [0.29, 0.717) is 16.9 Å². The van der Waals surface area contributed by atoms with Crippen LogP contribution in [0.2, 0.25) is 0 Å². The van der Waals surface area contributed by atoms with E-state index in [0.717, 1.165) is 27.6 Å². The second-order valence-electron chi connectivity index (χ2n) is 6.63. The minimum Gasteiger partial charge on any atom is -0.478 e. The van der Waals surface area contributed by atoms with E-state index < -0.39 is 16.2 Å². The number of carboxylic acids is 1. The lowest BCUT2D eigenvalue weighted by Crippen LogP contribution is -2.71. The van der Waals surface area contributed by atoms with Gasteiger partial charge in [0.2, 0.25) is 5.36 Å². The van der Waals surface area contributed by atoms with Crippen molar-refractivity contribution in [1.82, 2.24) is 0 Å². The van der Waals surface area contributed by atoms with Gasteiger partial charge in [-0.1, -0.05) is 18.2 Å². The van der Waals surface area contributed by atoms with E-state index in [1.165, 1.54) is 0 Å². The number of fused-ring (bicyclic) bond motifs is 2. The number of nitrogens with one attached hydrogen (secondary N) is 2. The van der Waals surface area contributed by atoms with E-state index in [-0.39, 0.29) is 5.56 Å². The molecule has 2 aromatic carbocycles. The van der Waals surface area contributed by atoms with Crippen molar-refractivity contribution in [3.8, 4) is 22.5 Å². The van der Waals surface area contributed by atoms with Gasteiger partial charge in [0, 0.05) is 41.4 Å². The van der Waals surface area contributed by atoms with Crippen molar-refractivity contribution in [2.75, 3.05) is 19.4 Å². The summed E-state index contributed by atoms with van der Waals surface area (Å²) in [5.41, 5.74) is 4.28. The molecule has 166 valence electrons. The number of anilines is 1. The molecule has 0 fully saturated rings. The number of carboxylic acid groups (broad SMARTS) is 1. The van der Waals surface area contributed by atoms with E-state index in [9.17, 15) is 9.90 Å². The van der Waals surface area contributed by atoms with Crippen molar-refractivity contribution >= 4 is 22.6 Å². The zero-order valence-corrected chi connectivity index (χ0v) is 17.8. The number of hydrogen-bond acceptors (Lipinski definition) is 7. The zero-order chi connectivity index (χ0) is 23.5. The number of rotatable bonds is 3. The summed E-state index contributed by atoms with van der Waals surface area (Å²) in [6.45, 7) is 0. The summed E-state index contributed by atoms with van der Waals surface area (Å²) in [6, 6.07) is 18.8. The molecule has 1 aliphatic carbocycles.